The van der Waals surface area contributed by atoms with Crippen molar-refractivity contribution in [2.75, 3.05) is 50.9 Å². The first-order chi connectivity index (χ1) is 15.1. The van der Waals surface area contributed by atoms with Gasteiger partial charge in [0.1, 0.15) is 5.82 Å². The van der Waals surface area contributed by atoms with Crippen molar-refractivity contribution in [2.24, 2.45) is 10.4 Å². The van der Waals surface area contributed by atoms with E-state index in [2.05, 4.69) is 53.4 Å². The van der Waals surface area contributed by atoms with E-state index in [1.54, 1.807) is 0 Å². The summed E-state index contributed by atoms with van der Waals surface area (Å²) in [4.78, 5) is 11.8. The van der Waals surface area contributed by atoms with Crippen molar-refractivity contribution < 1.29 is 9.47 Å². The standard InChI is InChI=1S/C24H41N5O2.HI/c1-4-25-23(28-19-24(10-6-7-11-24)12-14-30-5-2)27-17-21-8-9-22(26-16-21)29-13-15-31-20(3)18-29;/h8-9,16,20H,4-7,10-15,17-19H2,1-3H3,(H2,25,27,28);1H. The van der Waals surface area contributed by atoms with Gasteiger partial charge in [-0.2, -0.15) is 0 Å². The second kappa shape index (κ2) is 14.2. The Morgan fingerprint density at radius 1 is 1.28 bits per heavy atom. The highest BCUT2D eigenvalue weighted by atomic mass is 127. The van der Waals surface area contributed by atoms with E-state index in [0.29, 0.717) is 12.0 Å². The number of nitrogens with one attached hydrogen (secondary N) is 2. The van der Waals surface area contributed by atoms with Gasteiger partial charge in [-0.05, 0) is 57.1 Å². The third-order valence-corrected chi connectivity index (χ3v) is 6.41. The molecule has 2 N–H and O–H groups in total. The van der Waals surface area contributed by atoms with Crippen molar-refractivity contribution in [3.63, 3.8) is 0 Å². The number of anilines is 1. The van der Waals surface area contributed by atoms with Crippen LogP contribution in [0, 0.1) is 5.41 Å². The predicted octanol–water partition coefficient (Wildman–Crippen LogP) is 3.97. The van der Waals surface area contributed by atoms with Gasteiger partial charge in [0.2, 0.25) is 0 Å². The Bertz CT molecular complexity index is 679. The molecule has 1 aromatic rings. The van der Waals surface area contributed by atoms with Crippen LogP contribution in [-0.2, 0) is 16.0 Å². The Labute approximate surface area is 211 Å². The van der Waals surface area contributed by atoms with Crippen molar-refractivity contribution >= 4 is 35.8 Å². The molecule has 7 nitrogen and oxygen atoms in total. The molecule has 0 radical (unpaired) electrons. The van der Waals surface area contributed by atoms with E-state index in [0.717, 1.165) is 69.8 Å². The zero-order valence-electron chi connectivity index (χ0n) is 20.1. The number of aliphatic imine (C=N–C) groups is 1. The van der Waals surface area contributed by atoms with Crippen LogP contribution >= 0.6 is 24.0 Å². The molecule has 0 bridgehead atoms. The summed E-state index contributed by atoms with van der Waals surface area (Å²) >= 11 is 0. The molecule has 2 heterocycles. The minimum absolute atomic E-state index is 0. The summed E-state index contributed by atoms with van der Waals surface area (Å²) in [6.45, 7) is 12.9. The zero-order valence-corrected chi connectivity index (χ0v) is 22.4. The number of hydrogen-bond donors (Lipinski definition) is 2. The van der Waals surface area contributed by atoms with Crippen LogP contribution in [0.4, 0.5) is 5.82 Å². The van der Waals surface area contributed by atoms with Crippen molar-refractivity contribution in [2.45, 2.75) is 65.5 Å². The highest BCUT2D eigenvalue weighted by Crippen LogP contribution is 2.40. The zero-order chi connectivity index (χ0) is 21.9. The van der Waals surface area contributed by atoms with Crippen molar-refractivity contribution in [1.29, 1.82) is 0 Å². The largest absolute Gasteiger partial charge is 0.382 e. The van der Waals surface area contributed by atoms with E-state index in [9.17, 15) is 0 Å². The van der Waals surface area contributed by atoms with E-state index in [1.807, 2.05) is 6.20 Å². The van der Waals surface area contributed by atoms with Crippen LogP contribution in [0.15, 0.2) is 23.3 Å². The third-order valence-electron chi connectivity index (χ3n) is 6.41. The van der Waals surface area contributed by atoms with Gasteiger partial charge in [-0.15, -0.1) is 24.0 Å². The van der Waals surface area contributed by atoms with E-state index >= 15 is 0 Å². The summed E-state index contributed by atoms with van der Waals surface area (Å²) in [7, 11) is 0. The predicted molar refractivity (Wildman–Crippen MR) is 142 cm³/mol. The number of morpholine rings is 1. The maximum absolute atomic E-state index is 5.65. The molecule has 0 amide bonds. The number of rotatable bonds is 10. The lowest BCUT2D eigenvalue weighted by Crippen LogP contribution is -2.43. The molecule has 2 fully saturated rings. The van der Waals surface area contributed by atoms with Crippen LogP contribution in [0.5, 0.6) is 0 Å². The van der Waals surface area contributed by atoms with Gasteiger partial charge in [0.15, 0.2) is 5.96 Å². The van der Waals surface area contributed by atoms with Gasteiger partial charge in [0.25, 0.3) is 0 Å². The third kappa shape index (κ3) is 8.33. The molecule has 1 atom stereocenters. The molecule has 2 aliphatic rings. The van der Waals surface area contributed by atoms with Crippen molar-refractivity contribution in [1.82, 2.24) is 15.6 Å². The van der Waals surface area contributed by atoms with Crippen LogP contribution in [0.25, 0.3) is 0 Å². The van der Waals surface area contributed by atoms with Gasteiger partial charge in [-0.25, -0.2) is 9.98 Å². The summed E-state index contributed by atoms with van der Waals surface area (Å²) in [5.41, 5.74) is 1.46. The minimum Gasteiger partial charge on any atom is -0.382 e. The lowest BCUT2D eigenvalue weighted by molar-refractivity contribution is 0.0529. The fourth-order valence-electron chi connectivity index (χ4n) is 4.58. The summed E-state index contributed by atoms with van der Waals surface area (Å²) in [6.07, 6.45) is 8.52. The van der Waals surface area contributed by atoms with Crippen molar-refractivity contribution in [3.05, 3.63) is 23.9 Å². The van der Waals surface area contributed by atoms with Gasteiger partial charge >= 0.3 is 0 Å². The Morgan fingerprint density at radius 2 is 2.09 bits per heavy atom. The average molecular weight is 560 g/mol. The lowest BCUT2D eigenvalue weighted by Gasteiger charge is -2.32. The van der Waals surface area contributed by atoms with Gasteiger partial charge in [-0.1, -0.05) is 18.9 Å². The molecule has 0 aromatic carbocycles. The van der Waals surface area contributed by atoms with Crippen molar-refractivity contribution in [3.8, 4) is 0 Å². The summed E-state index contributed by atoms with van der Waals surface area (Å²) < 4.78 is 11.3. The highest BCUT2D eigenvalue weighted by molar-refractivity contribution is 14.0. The van der Waals surface area contributed by atoms with Crippen LogP contribution in [0.2, 0.25) is 0 Å². The highest BCUT2D eigenvalue weighted by Gasteiger charge is 2.33. The van der Waals surface area contributed by atoms with E-state index in [1.165, 1.54) is 25.7 Å². The number of halogens is 1. The molecule has 1 saturated heterocycles. The Hall–Kier alpha value is -1.13. The SMILES string of the molecule is CCNC(=NCc1ccc(N2CCOC(C)C2)nc1)NCC1(CCOCC)CCCC1.I. The Kier molecular flexibility index (Phi) is 12.0. The van der Waals surface area contributed by atoms with Gasteiger partial charge in [-0.3, -0.25) is 0 Å². The van der Waals surface area contributed by atoms with Gasteiger partial charge < -0.3 is 25.0 Å². The first kappa shape index (κ1) is 27.1. The van der Waals surface area contributed by atoms with Gasteiger partial charge in [0, 0.05) is 45.6 Å². The number of hydrogen-bond acceptors (Lipinski definition) is 5. The van der Waals surface area contributed by atoms with Crippen LogP contribution in [0.1, 0.15) is 58.4 Å². The van der Waals surface area contributed by atoms with Crippen LogP contribution in [-0.4, -0.2) is 63.0 Å². The first-order valence-electron chi connectivity index (χ1n) is 12.1. The summed E-state index contributed by atoms with van der Waals surface area (Å²) in [5, 5.41) is 7.00. The molecule has 1 aliphatic carbocycles. The number of pyridine rings is 1. The molecule has 1 aliphatic heterocycles. The van der Waals surface area contributed by atoms with Crippen LogP contribution in [0.3, 0.4) is 0 Å². The van der Waals surface area contributed by atoms with E-state index in [4.69, 9.17) is 14.5 Å². The normalized spacial score (nSPS) is 20.7. The number of nitrogens with zero attached hydrogens (tertiary/aromatic N) is 3. The smallest absolute Gasteiger partial charge is 0.191 e. The maximum Gasteiger partial charge on any atom is 0.191 e. The maximum atomic E-state index is 5.65. The quantitative estimate of drug-likeness (QED) is 0.196. The molecule has 1 aromatic heterocycles. The molecular formula is C24H42IN5O2. The molecule has 1 unspecified atom stereocenters. The monoisotopic (exact) mass is 559 g/mol. The number of guanidine groups is 1. The first-order valence-corrected chi connectivity index (χ1v) is 12.1. The molecule has 8 heteroatoms. The molecule has 0 spiro atoms. The number of ether oxygens (including phenoxy) is 2. The molecule has 1 saturated carbocycles. The summed E-state index contributed by atoms with van der Waals surface area (Å²) in [5.74, 6) is 1.90. The van der Waals surface area contributed by atoms with E-state index < -0.39 is 0 Å². The lowest BCUT2D eigenvalue weighted by atomic mass is 9.83. The molecule has 182 valence electrons. The fraction of sp³-hybridized carbons (Fsp3) is 0.750. The molecular weight excluding hydrogens is 517 g/mol. The second-order valence-electron chi connectivity index (χ2n) is 8.85. The second-order valence-corrected chi connectivity index (χ2v) is 8.85. The molecule has 3 rings (SSSR count). The van der Waals surface area contributed by atoms with E-state index in [-0.39, 0.29) is 30.1 Å². The Morgan fingerprint density at radius 3 is 2.75 bits per heavy atom. The van der Waals surface area contributed by atoms with Crippen LogP contribution < -0.4 is 15.5 Å². The average Bonchev–Trinajstić information content (AvgIpc) is 3.25. The Balaban J connectivity index is 0.00000363. The molecule has 32 heavy (non-hydrogen) atoms. The topological polar surface area (TPSA) is 71.0 Å². The fourth-order valence-corrected chi connectivity index (χ4v) is 4.58. The van der Waals surface area contributed by atoms with Gasteiger partial charge in [0.05, 0.1) is 19.3 Å². The number of aromatic nitrogens is 1. The minimum atomic E-state index is 0. The summed E-state index contributed by atoms with van der Waals surface area (Å²) in [6, 6.07) is 4.24.